The third-order valence-corrected chi connectivity index (χ3v) is 6.70. The Morgan fingerprint density at radius 3 is 1.17 bits per heavy atom. The van der Waals surface area contributed by atoms with E-state index in [9.17, 15) is 39.5 Å². The quantitative estimate of drug-likeness (QED) is 0.196. The van der Waals surface area contributed by atoms with Crippen LogP contribution in [0.3, 0.4) is 0 Å². The van der Waals surface area contributed by atoms with E-state index in [1.165, 1.54) is 6.07 Å². The van der Waals surface area contributed by atoms with Crippen LogP contribution in [-0.2, 0) is 18.5 Å². The van der Waals surface area contributed by atoms with Gasteiger partial charge in [-0.25, -0.2) is 9.36 Å². The summed E-state index contributed by atoms with van der Waals surface area (Å²) in [4.78, 5) is 0. The van der Waals surface area contributed by atoms with E-state index in [0.29, 0.717) is 28.9 Å². The molecule has 2 aromatic heterocycles. The number of hydrogen-bond acceptors (Lipinski definition) is 7. The number of nitrogens with zero attached hydrogens (tertiary/aromatic N) is 7. The predicted molar refractivity (Wildman–Crippen MR) is 145 cm³/mol. The van der Waals surface area contributed by atoms with Crippen LogP contribution in [0, 0.1) is 34.0 Å². The number of rotatable bonds is 2. The smallest absolute Gasteiger partial charge is 0.382 e. The normalized spacial score (nSPS) is 11.7. The number of anilines is 2. The van der Waals surface area contributed by atoms with Gasteiger partial charge in [0.1, 0.15) is 52.3 Å². The molecular weight excluding hydrogens is 727 g/mol. The van der Waals surface area contributed by atoms with Crippen molar-refractivity contribution >= 4 is 58.0 Å². The Morgan fingerprint density at radius 2 is 0.913 bits per heavy atom. The first-order chi connectivity index (χ1) is 21.1. The van der Waals surface area contributed by atoms with Crippen molar-refractivity contribution in [3.05, 3.63) is 78.0 Å². The van der Waals surface area contributed by atoms with Crippen molar-refractivity contribution < 1.29 is 39.5 Å². The van der Waals surface area contributed by atoms with Gasteiger partial charge in [-0.2, -0.15) is 65.5 Å². The molecule has 240 valence electrons. The average Bonchev–Trinajstić information content (AvgIpc) is 3.43. The van der Waals surface area contributed by atoms with Gasteiger partial charge in [0.2, 0.25) is 0 Å². The van der Waals surface area contributed by atoms with E-state index in [-0.39, 0.29) is 32.8 Å². The van der Waals surface area contributed by atoms with Gasteiger partial charge in [-0.05, 0) is 24.3 Å². The number of benzene rings is 2. The largest absolute Gasteiger partial charge is 0.436 e. The number of alkyl halides is 9. The molecule has 4 N–H and O–H groups in total. The molecule has 9 nitrogen and oxygen atoms in total. The van der Waals surface area contributed by atoms with Crippen molar-refractivity contribution in [3.8, 4) is 29.6 Å². The van der Waals surface area contributed by atoms with E-state index >= 15 is 0 Å². The number of hydrogen-bond donors (Lipinski definition) is 2. The number of nitrogen functional groups attached to an aromatic ring is 2. The van der Waals surface area contributed by atoms with Gasteiger partial charge in [0.25, 0.3) is 0 Å². The Labute approximate surface area is 270 Å². The molecular formula is C24H8Cl4F9N9. The van der Waals surface area contributed by atoms with Gasteiger partial charge < -0.3 is 11.5 Å². The van der Waals surface area contributed by atoms with Gasteiger partial charge in [0.05, 0.1) is 31.2 Å². The lowest BCUT2D eigenvalue weighted by Gasteiger charge is -2.13. The fraction of sp³-hybridized carbons (Fsp3) is 0.125. The van der Waals surface area contributed by atoms with Crippen LogP contribution in [-0.4, -0.2) is 19.6 Å². The number of aromatic nitrogens is 4. The fourth-order valence-corrected chi connectivity index (χ4v) is 4.86. The van der Waals surface area contributed by atoms with E-state index in [0.717, 1.165) is 4.68 Å². The molecule has 0 aliphatic carbocycles. The van der Waals surface area contributed by atoms with Crippen LogP contribution in [0.15, 0.2) is 24.3 Å². The molecule has 0 unspecified atom stereocenters. The van der Waals surface area contributed by atoms with E-state index in [2.05, 4.69) is 10.2 Å². The van der Waals surface area contributed by atoms with Gasteiger partial charge in [-0.1, -0.05) is 46.4 Å². The molecule has 22 heteroatoms. The Kier molecular flexibility index (Phi) is 9.91. The zero-order chi connectivity index (χ0) is 35.1. The van der Waals surface area contributed by atoms with Crippen LogP contribution in [0.5, 0.6) is 0 Å². The zero-order valence-electron chi connectivity index (χ0n) is 21.5. The maximum absolute atomic E-state index is 12.9. The van der Waals surface area contributed by atoms with Crippen LogP contribution in [0.1, 0.15) is 33.6 Å². The van der Waals surface area contributed by atoms with Crippen molar-refractivity contribution in [2.45, 2.75) is 18.5 Å². The molecule has 4 rings (SSSR count). The van der Waals surface area contributed by atoms with Gasteiger partial charge in [-0.15, -0.1) is 0 Å². The zero-order valence-corrected chi connectivity index (χ0v) is 24.5. The van der Waals surface area contributed by atoms with Gasteiger partial charge >= 0.3 is 18.5 Å². The molecule has 2 aromatic carbocycles. The SMILES string of the molecule is N#Cc1c(C(F)(F)F)nn(-c2c(Cl)cc(C(F)(F)F)cc2Cl)c1N.N#Cc1nn(-c2c(Cl)cc(C(F)(F)F)cc2Cl)c(N)c1C#N. The molecule has 46 heavy (non-hydrogen) atoms. The maximum Gasteiger partial charge on any atom is 0.436 e. The number of nitriles is 3. The lowest BCUT2D eigenvalue weighted by molar-refractivity contribution is -0.141. The predicted octanol–water partition coefficient (Wildman–Crippen LogP) is 8.19. The first-order valence-corrected chi connectivity index (χ1v) is 12.8. The summed E-state index contributed by atoms with van der Waals surface area (Å²) in [6.07, 6.45) is -14.4. The van der Waals surface area contributed by atoms with Crippen molar-refractivity contribution in [2.75, 3.05) is 11.5 Å². The highest BCUT2D eigenvalue weighted by Gasteiger charge is 2.40. The van der Waals surface area contributed by atoms with Crippen LogP contribution in [0.25, 0.3) is 11.4 Å². The Hall–Kier alpha value is -4.54. The highest BCUT2D eigenvalue weighted by atomic mass is 35.5. The summed E-state index contributed by atoms with van der Waals surface area (Å²) in [5.74, 6) is -1.00. The molecule has 0 radical (unpaired) electrons. The van der Waals surface area contributed by atoms with E-state index < -0.39 is 62.5 Å². The van der Waals surface area contributed by atoms with Crippen LogP contribution >= 0.6 is 46.4 Å². The van der Waals surface area contributed by atoms with Gasteiger partial charge in [0.15, 0.2) is 11.4 Å². The third-order valence-electron chi connectivity index (χ3n) is 5.55. The van der Waals surface area contributed by atoms with Crippen molar-refractivity contribution in [1.82, 2.24) is 19.6 Å². The topological polar surface area (TPSA) is 159 Å². The molecule has 0 aliphatic heterocycles. The molecule has 0 aliphatic rings. The second-order valence-electron chi connectivity index (χ2n) is 8.45. The van der Waals surface area contributed by atoms with Crippen LogP contribution in [0.4, 0.5) is 51.1 Å². The number of halogens is 13. The average molecular weight is 735 g/mol. The Bertz CT molecular complexity index is 1930. The van der Waals surface area contributed by atoms with Crippen molar-refractivity contribution in [1.29, 1.82) is 15.8 Å². The standard InChI is InChI=1S/C12H4Cl2F6N4.C12H4Cl2F3N5/c13-6-1-4(11(15,16)17)2-7(14)8(6)24-10(22)5(3-21)9(23-24)12(18,19)20;13-7-1-5(12(15,16)17)2-8(14)10(7)22-11(20)6(3-18)9(4-19)21-22/h1-2H,22H2;1-2H,20H2. The summed E-state index contributed by atoms with van der Waals surface area (Å²) in [6, 6.07) is 6.81. The molecule has 2 heterocycles. The lowest BCUT2D eigenvalue weighted by Crippen LogP contribution is -2.10. The van der Waals surface area contributed by atoms with Gasteiger partial charge in [-0.3, -0.25) is 0 Å². The molecule has 0 saturated heterocycles. The molecule has 0 amide bonds. The van der Waals surface area contributed by atoms with Crippen LogP contribution in [0.2, 0.25) is 20.1 Å². The highest BCUT2D eigenvalue weighted by Crippen LogP contribution is 2.41. The highest BCUT2D eigenvalue weighted by molar-refractivity contribution is 6.38. The molecule has 0 fully saturated rings. The summed E-state index contributed by atoms with van der Waals surface area (Å²) in [6.45, 7) is 0. The second kappa shape index (κ2) is 12.7. The summed E-state index contributed by atoms with van der Waals surface area (Å²) in [5, 5.41) is 31.5. The summed E-state index contributed by atoms with van der Waals surface area (Å²) < 4.78 is 116. The monoisotopic (exact) mass is 733 g/mol. The van der Waals surface area contributed by atoms with Crippen LogP contribution < -0.4 is 11.5 Å². The second-order valence-corrected chi connectivity index (χ2v) is 10.1. The lowest BCUT2D eigenvalue weighted by atomic mass is 10.2. The van der Waals surface area contributed by atoms with E-state index in [1.54, 1.807) is 12.1 Å². The summed E-state index contributed by atoms with van der Waals surface area (Å²) >= 11 is 23.1. The van der Waals surface area contributed by atoms with Crippen molar-refractivity contribution in [3.63, 3.8) is 0 Å². The summed E-state index contributed by atoms with van der Waals surface area (Å²) in [7, 11) is 0. The minimum atomic E-state index is -5.00. The maximum atomic E-state index is 12.9. The van der Waals surface area contributed by atoms with Crippen molar-refractivity contribution in [2.24, 2.45) is 0 Å². The van der Waals surface area contributed by atoms with E-state index in [4.69, 9.17) is 73.7 Å². The molecule has 4 aromatic rings. The first kappa shape index (κ1) is 35.9. The number of nitrogens with two attached hydrogens (primary N) is 2. The molecule has 0 saturated carbocycles. The first-order valence-electron chi connectivity index (χ1n) is 11.3. The third kappa shape index (κ3) is 6.98. The summed E-state index contributed by atoms with van der Waals surface area (Å²) in [5.41, 5.74) is 5.12. The minimum absolute atomic E-state index is 0.146. The fourth-order valence-electron chi connectivity index (χ4n) is 3.56. The molecule has 0 spiro atoms. The Morgan fingerprint density at radius 1 is 0.565 bits per heavy atom. The molecule has 0 bridgehead atoms. The molecule has 0 atom stereocenters. The van der Waals surface area contributed by atoms with E-state index in [1.807, 2.05) is 0 Å². The van der Waals surface area contributed by atoms with Gasteiger partial charge in [0, 0.05) is 0 Å². The minimum Gasteiger partial charge on any atom is -0.382 e. The Balaban J connectivity index is 0.000000251.